The quantitative estimate of drug-likeness (QED) is 0.702. The first-order valence-corrected chi connectivity index (χ1v) is 6.20. The number of hydrogen-bond acceptors (Lipinski definition) is 2. The Morgan fingerprint density at radius 2 is 1.94 bits per heavy atom. The van der Waals surface area contributed by atoms with Crippen LogP contribution in [-0.2, 0) is 11.2 Å². The summed E-state index contributed by atoms with van der Waals surface area (Å²) in [7, 11) is 1.58. The molecule has 0 fully saturated rings. The maximum atomic E-state index is 12.4. The Morgan fingerprint density at radius 3 is 2.53 bits per heavy atom. The van der Waals surface area contributed by atoms with Crippen LogP contribution in [0.2, 0.25) is 0 Å². The summed E-state index contributed by atoms with van der Waals surface area (Å²) >= 11 is 0. The van der Waals surface area contributed by atoms with Gasteiger partial charge in [0.05, 0.1) is 0 Å². The molecule has 0 bridgehead atoms. The van der Waals surface area contributed by atoms with E-state index in [4.69, 9.17) is 4.74 Å². The van der Waals surface area contributed by atoms with Gasteiger partial charge in [-0.3, -0.25) is 4.79 Å². The van der Waals surface area contributed by atoms with Crippen LogP contribution in [0.1, 0.15) is 49.5 Å². The molecule has 0 spiro atoms. The zero-order valence-electron chi connectivity index (χ0n) is 11.2. The summed E-state index contributed by atoms with van der Waals surface area (Å²) in [6, 6.07) is 7.83. The van der Waals surface area contributed by atoms with Gasteiger partial charge in [-0.05, 0) is 32.3 Å². The van der Waals surface area contributed by atoms with Gasteiger partial charge >= 0.3 is 0 Å². The van der Waals surface area contributed by atoms with Crippen LogP contribution in [0.3, 0.4) is 0 Å². The third kappa shape index (κ3) is 3.40. The lowest BCUT2D eigenvalue weighted by Crippen LogP contribution is -2.34. The van der Waals surface area contributed by atoms with E-state index in [0.29, 0.717) is 0 Å². The molecule has 0 saturated carbocycles. The molecule has 1 aromatic rings. The normalized spacial score (nSPS) is 11.5. The van der Waals surface area contributed by atoms with Crippen molar-refractivity contribution in [2.75, 3.05) is 7.11 Å². The molecule has 0 atom stereocenters. The third-order valence-corrected chi connectivity index (χ3v) is 3.12. The van der Waals surface area contributed by atoms with Crippen LogP contribution in [0.15, 0.2) is 24.3 Å². The molecule has 1 rings (SSSR count). The largest absolute Gasteiger partial charge is 0.371 e. The molecule has 0 N–H and O–H groups in total. The molecule has 17 heavy (non-hydrogen) atoms. The number of aryl methyl sites for hydroxylation is 1. The van der Waals surface area contributed by atoms with Crippen LogP contribution in [0.25, 0.3) is 0 Å². The van der Waals surface area contributed by atoms with Crippen LogP contribution in [0.4, 0.5) is 0 Å². The van der Waals surface area contributed by atoms with Gasteiger partial charge in [-0.2, -0.15) is 0 Å². The van der Waals surface area contributed by atoms with Crippen molar-refractivity contribution in [2.24, 2.45) is 0 Å². The highest BCUT2D eigenvalue weighted by Crippen LogP contribution is 2.20. The molecule has 2 nitrogen and oxygen atoms in total. The Balaban J connectivity index is 3.00. The standard InChI is InChI=1S/C15H22O2/c1-5-6-9-12-10-7-8-11-13(12)14(16)15(2,3)17-4/h7-8,10-11H,5-6,9H2,1-4H3. The van der Waals surface area contributed by atoms with Crippen molar-refractivity contribution in [2.45, 2.75) is 45.6 Å². The number of ether oxygens (including phenoxy) is 1. The summed E-state index contributed by atoms with van der Waals surface area (Å²) in [5.41, 5.74) is 1.18. The highest BCUT2D eigenvalue weighted by atomic mass is 16.5. The van der Waals surface area contributed by atoms with Gasteiger partial charge in [0, 0.05) is 12.7 Å². The molecule has 0 unspecified atom stereocenters. The van der Waals surface area contributed by atoms with Crippen molar-refractivity contribution in [3.05, 3.63) is 35.4 Å². The SMILES string of the molecule is CCCCc1ccccc1C(=O)C(C)(C)OC. The van der Waals surface area contributed by atoms with E-state index in [1.165, 1.54) is 0 Å². The van der Waals surface area contributed by atoms with Crippen molar-refractivity contribution in [3.8, 4) is 0 Å². The van der Waals surface area contributed by atoms with E-state index in [2.05, 4.69) is 6.92 Å². The minimum Gasteiger partial charge on any atom is -0.371 e. The molecule has 1 aromatic carbocycles. The second kappa shape index (κ2) is 5.97. The molecule has 0 aliphatic rings. The fourth-order valence-corrected chi connectivity index (χ4v) is 1.74. The first-order valence-electron chi connectivity index (χ1n) is 6.20. The predicted molar refractivity (Wildman–Crippen MR) is 70.5 cm³/mol. The zero-order valence-corrected chi connectivity index (χ0v) is 11.2. The van der Waals surface area contributed by atoms with Crippen molar-refractivity contribution in [3.63, 3.8) is 0 Å². The number of hydrogen-bond donors (Lipinski definition) is 0. The summed E-state index contributed by atoms with van der Waals surface area (Å²) in [6.07, 6.45) is 3.20. The molecular weight excluding hydrogens is 212 g/mol. The summed E-state index contributed by atoms with van der Waals surface area (Å²) in [6.45, 7) is 5.78. The summed E-state index contributed by atoms with van der Waals surface area (Å²) < 4.78 is 5.26. The van der Waals surface area contributed by atoms with Gasteiger partial charge in [0.25, 0.3) is 0 Å². The number of methoxy groups -OCH3 is 1. The van der Waals surface area contributed by atoms with Crippen LogP contribution >= 0.6 is 0 Å². The molecule has 0 aromatic heterocycles. The van der Waals surface area contributed by atoms with E-state index < -0.39 is 5.60 Å². The molecule has 0 heterocycles. The number of unbranched alkanes of at least 4 members (excludes halogenated alkanes) is 1. The summed E-state index contributed by atoms with van der Waals surface area (Å²) in [5.74, 6) is 0.0618. The Labute approximate surface area is 104 Å². The van der Waals surface area contributed by atoms with E-state index in [0.717, 1.165) is 30.4 Å². The van der Waals surface area contributed by atoms with Crippen molar-refractivity contribution in [1.29, 1.82) is 0 Å². The number of carbonyl (C=O) groups excluding carboxylic acids is 1. The van der Waals surface area contributed by atoms with Gasteiger partial charge < -0.3 is 4.74 Å². The minimum atomic E-state index is -0.748. The summed E-state index contributed by atoms with van der Waals surface area (Å²) in [5, 5.41) is 0. The molecule has 0 saturated heterocycles. The second-order valence-corrected chi connectivity index (χ2v) is 4.80. The lowest BCUT2D eigenvalue weighted by Gasteiger charge is -2.22. The van der Waals surface area contributed by atoms with Gasteiger partial charge in [-0.1, -0.05) is 37.6 Å². The zero-order chi connectivity index (χ0) is 12.9. The van der Waals surface area contributed by atoms with Crippen LogP contribution in [-0.4, -0.2) is 18.5 Å². The monoisotopic (exact) mass is 234 g/mol. The Hall–Kier alpha value is -1.15. The first-order chi connectivity index (χ1) is 8.03. The number of Topliss-reactive ketones (excluding diaryl/α,β-unsaturated/α-hetero) is 1. The molecule has 0 radical (unpaired) electrons. The van der Waals surface area contributed by atoms with E-state index in [1.54, 1.807) is 7.11 Å². The van der Waals surface area contributed by atoms with Crippen molar-refractivity contribution >= 4 is 5.78 Å². The molecule has 2 heteroatoms. The smallest absolute Gasteiger partial charge is 0.194 e. The minimum absolute atomic E-state index is 0.0618. The number of ketones is 1. The van der Waals surface area contributed by atoms with Gasteiger partial charge in [-0.25, -0.2) is 0 Å². The van der Waals surface area contributed by atoms with Crippen molar-refractivity contribution < 1.29 is 9.53 Å². The Morgan fingerprint density at radius 1 is 1.29 bits per heavy atom. The molecule has 0 aliphatic carbocycles. The predicted octanol–water partition coefficient (Wildman–Crippen LogP) is 3.64. The lowest BCUT2D eigenvalue weighted by atomic mass is 9.91. The molecule has 94 valence electrons. The number of benzene rings is 1. The maximum Gasteiger partial charge on any atom is 0.194 e. The van der Waals surface area contributed by atoms with Crippen molar-refractivity contribution in [1.82, 2.24) is 0 Å². The highest BCUT2D eigenvalue weighted by molar-refractivity contribution is 6.03. The third-order valence-electron chi connectivity index (χ3n) is 3.12. The van der Waals surface area contributed by atoms with Crippen LogP contribution in [0, 0.1) is 0 Å². The molecule has 0 amide bonds. The number of rotatable bonds is 6. The summed E-state index contributed by atoms with van der Waals surface area (Å²) in [4.78, 5) is 12.4. The Kier molecular flexibility index (Phi) is 4.88. The topological polar surface area (TPSA) is 26.3 Å². The van der Waals surface area contributed by atoms with E-state index in [1.807, 2.05) is 38.1 Å². The maximum absolute atomic E-state index is 12.4. The fourth-order valence-electron chi connectivity index (χ4n) is 1.74. The second-order valence-electron chi connectivity index (χ2n) is 4.80. The van der Waals surface area contributed by atoms with Crippen LogP contribution < -0.4 is 0 Å². The van der Waals surface area contributed by atoms with E-state index in [-0.39, 0.29) is 5.78 Å². The van der Waals surface area contributed by atoms with Gasteiger partial charge in [0.1, 0.15) is 5.60 Å². The fraction of sp³-hybridized carbons (Fsp3) is 0.533. The molecular formula is C15H22O2. The van der Waals surface area contributed by atoms with Gasteiger partial charge in [0.2, 0.25) is 0 Å². The number of carbonyl (C=O) groups is 1. The average Bonchev–Trinajstić information content (AvgIpc) is 2.35. The van der Waals surface area contributed by atoms with Gasteiger partial charge in [0.15, 0.2) is 5.78 Å². The Bertz CT molecular complexity index is 380. The lowest BCUT2D eigenvalue weighted by molar-refractivity contribution is 0.0227. The van der Waals surface area contributed by atoms with Crippen LogP contribution in [0.5, 0.6) is 0 Å². The van der Waals surface area contributed by atoms with E-state index in [9.17, 15) is 4.79 Å². The molecule has 0 aliphatic heterocycles. The van der Waals surface area contributed by atoms with Gasteiger partial charge in [-0.15, -0.1) is 0 Å². The highest BCUT2D eigenvalue weighted by Gasteiger charge is 2.29. The first kappa shape index (κ1) is 13.9. The van der Waals surface area contributed by atoms with E-state index >= 15 is 0 Å². The average molecular weight is 234 g/mol.